The predicted octanol–water partition coefficient (Wildman–Crippen LogP) is 2.85. The molecule has 0 aromatic heterocycles. The molecule has 2 atom stereocenters. The summed E-state index contributed by atoms with van der Waals surface area (Å²) >= 11 is 0. The Balaban J connectivity index is 1.39. The minimum Gasteiger partial charge on any atom is -0.378 e. The van der Waals surface area contributed by atoms with E-state index < -0.39 is 5.54 Å². The van der Waals surface area contributed by atoms with E-state index in [2.05, 4.69) is 19.2 Å². The molecule has 5 rings (SSSR count). The zero-order valence-electron chi connectivity index (χ0n) is 15.6. The van der Waals surface area contributed by atoms with Gasteiger partial charge < -0.3 is 15.8 Å². The van der Waals surface area contributed by atoms with Crippen LogP contribution in [0.2, 0.25) is 0 Å². The Morgan fingerprint density at radius 1 is 1.08 bits per heavy atom. The molecular weight excluding hydrogens is 300 g/mol. The van der Waals surface area contributed by atoms with E-state index in [-0.39, 0.29) is 17.4 Å². The van der Waals surface area contributed by atoms with Gasteiger partial charge in [-0.2, -0.15) is 0 Å². The van der Waals surface area contributed by atoms with Crippen molar-refractivity contribution < 1.29 is 9.53 Å². The van der Waals surface area contributed by atoms with Crippen LogP contribution in [0.3, 0.4) is 0 Å². The third-order valence-corrected chi connectivity index (χ3v) is 8.02. The van der Waals surface area contributed by atoms with Crippen molar-refractivity contribution >= 4 is 5.91 Å². The second-order valence-electron chi connectivity index (χ2n) is 9.94. The molecule has 5 aliphatic rings. The molecule has 5 saturated carbocycles. The number of carbonyl (C=O) groups is 1. The van der Waals surface area contributed by atoms with Gasteiger partial charge in [-0.3, -0.25) is 4.79 Å². The minimum absolute atomic E-state index is 0.0409. The Hall–Kier alpha value is -0.610. The Labute approximate surface area is 146 Å². The number of hydrogen-bond donors (Lipinski definition) is 2. The van der Waals surface area contributed by atoms with Gasteiger partial charge in [0.05, 0.1) is 6.10 Å². The summed E-state index contributed by atoms with van der Waals surface area (Å²) in [5.74, 6) is 2.80. The van der Waals surface area contributed by atoms with Crippen LogP contribution in [0.15, 0.2) is 0 Å². The molecule has 5 fully saturated rings. The van der Waals surface area contributed by atoms with Gasteiger partial charge in [-0.15, -0.1) is 0 Å². The van der Waals surface area contributed by atoms with E-state index in [1.54, 1.807) is 0 Å². The largest absolute Gasteiger partial charge is 0.378 e. The summed E-state index contributed by atoms with van der Waals surface area (Å²) in [6, 6.07) is 0. The number of ether oxygens (including phenoxy) is 1. The van der Waals surface area contributed by atoms with Crippen LogP contribution in [-0.2, 0) is 9.53 Å². The highest BCUT2D eigenvalue weighted by Crippen LogP contribution is 2.60. The number of amides is 1. The standard InChI is InChI=1S/C20H34N2O2/c1-4-24-16-11-20(21,18(16,2)3)17(23)22-12-19-8-13-5-14(9-19)7-15(6-13)10-19/h13-16H,4-12,21H2,1-3H3,(H,22,23). The first-order chi connectivity index (χ1) is 11.3. The highest BCUT2D eigenvalue weighted by Gasteiger charge is 2.63. The zero-order valence-corrected chi connectivity index (χ0v) is 15.6. The second-order valence-corrected chi connectivity index (χ2v) is 9.94. The molecule has 0 radical (unpaired) electrons. The Bertz CT molecular complexity index is 494. The van der Waals surface area contributed by atoms with Gasteiger partial charge in [-0.05, 0) is 68.6 Å². The fraction of sp³-hybridized carbons (Fsp3) is 0.950. The van der Waals surface area contributed by atoms with Crippen LogP contribution in [0.5, 0.6) is 0 Å². The highest BCUT2D eigenvalue weighted by molar-refractivity contribution is 5.88. The highest BCUT2D eigenvalue weighted by atomic mass is 16.5. The Morgan fingerprint density at radius 2 is 1.62 bits per heavy atom. The molecule has 0 heterocycles. The summed E-state index contributed by atoms with van der Waals surface area (Å²) in [5.41, 5.74) is 5.82. The first kappa shape index (κ1) is 16.8. The van der Waals surface area contributed by atoms with E-state index in [9.17, 15) is 4.79 Å². The van der Waals surface area contributed by atoms with E-state index in [1.165, 1.54) is 38.5 Å². The van der Waals surface area contributed by atoms with Crippen molar-refractivity contribution in [3.05, 3.63) is 0 Å². The molecule has 2 unspecified atom stereocenters. The van der Waals surface area contributed by atoms with E-state index in [4.69, 9.17) is 10.5 Å². The molecule has 4 nitrogen and oxygen atoms in total. The van der Waals surface area contributed by atoms with E-state index in [1.807, 2.05) is 6.92 Å². The maximum atomic E-state index is 12.9. The van der Waals surface area contributed by atoms with Gasteiger partial charge in [-0.25, -0.2) is 0 Å². The van der Waals surface area contributed by atoms with Crippen LogP contribution in [0.1, 0.15) is 65.7 Å². The average Bonchev–Trinajstić information content (AvgIpc) is 2.51. The number of hydrogen-bond acceptors (Lipinski definition) is 3. The van der Waals surface area contributed by atoms with Crippen LogP contribution in [0.25, 0.3) is 0 Å². The lowest BCUT2D eigenvalue weighted by Crippen LogP contribution is -2.76. The third-order valence-electron chi connectivity index (χ3n) is 8.02. The van der Waals surface area contributed by atoms with Crippen LogP contribution in [0, 0.1) is 28.6 Å². The van der Waals surface area contributed by atoms with Crippen LogP contribution in [-0.4, -0.2) is 30.7 Å². The smallest absolute Gasteiger partial charge is 0.240 e. The van der Waals surface area contributed by atoms with Crippen molar-refractivity contribution in [2.24, 2.45) is 34.3 Å². The van der Waals surface area contributed by atoms with Gasteiger partial charge in [0.15, 0.2) is 0 Å². The van der Waals surface area contributed by atoms with Crippen LogP contribution >= 0.6 is 0 Å². The SMILES string of the molecule is CCOC1CC(N)(C(=O)NCC23CC4CC(CC(C4)C2)C3)C1(C)C. The monoisotopic (exact) mass is 334 g/mol. The van der Waals surface area contributed by atoms with Gasteiger partial charge in [0, 0.05) is 25.0 Å². The van der Waals surface area contributed by atoms with Crippen molar-refractivity contribution in [1.82, 2.24) is 5.32 Å². The molecular formula is C20H34N2O2. The predicted molar refractivity (Wildman–Crippen MR) is 94.3 cm³/mol. The molecule has 1 amide bonds. The zero-order chi connectivity index (χ0) is 17.2. The quantitative estimate of drug-likeness (QED) is 0.812. The Morgan fingerprint density at radius 3 is 2.08 bits per heavy atom. The average molecular weight is 335 g/mol. The third kappa shape index (κ3) is 2.36. The van der Waals surface area contributed by atoms with E-state index in [0.717, 1.165) is 24.3 Å². The summed E-state index contributed by atoms with van der Waals surface area (Å²) in [6.45, 7) is 7.66. The van der Waals surface area contributed by atoms with Gasteiger partial charge in [0.2, 0.25) is 5.91 Å². The normalized spacial score (nSPS) is 48.2. The first-order valence-electron chi connectivity index (χ1n) is 9.97. The molecule has 3 N–H and O–H groups in total. The maximum Gasteiger partial charge on any atom is 0.240 e. The van der Waals surface area contributed by atoms with Crippen molar-refractivity contribution in [1.29, 1.82) is 0 Å². The number of nitrogens with one attached hydrogen (secondary N) is 1. The molecule has 0 aromatic rings. The number of nitrogens with two attached hydrogens (primary N) is 1. The first-order valence-corrected chi connectivity index (χ1v) is 9.97. The second kappa shape index (κ2) is 5.44. The van der Waals surface area contributed by atoms with Gasteiger partial charge in [0.1, 0.15) is 5.54 Å². The Kier molecular flexibility index (Phi) is 3.82. The fourth-order valence-corrected chi connectivity index (χ4v) is 6.75. The molecule has 24 heavy (non-hydrogen) atoms. The lowest BCUT2D eigenvalue weighted by atomic mass is 9.49. The maximum absolute atomic E-state index is 12.9. The summed E-state index contributed by atoms with van der Waals surface area (Å²) in [7, 11) is 0. The molecule has 5 aliphatic carbocycles. The minimum atomic E-state index is -0.783. The summed E-state index contributed by atoms with van der Waals surface area (Å²) in [6.07, 6.45) is 9.02. The van der Waals surface area contributed by atoms with Crippen molar-refractivity contribution in [3.8, 4) is 0 Å². The molecule has 0 saturated heterocycles. The van der Waals surface area contributed by atoms with Crippen LogP contribution in [0.4, 0.5) is 0 Å². The molecule has 0 spiro atoms. The molecule has 136 valence electrons. The number of carbonyl (C=O) groups excluding carboxylic acids is 1. The fourth-order valence-electron chi connectivity index (χ4n) is 6.75. The lowest BCUT2D eigenvalue weighted by molar-refractivity contribution is -0.171. The molecule has 0 aliphatic heterocycles. The van der Waals surface area contributed by atoms with E-state index in [0.29, 0.717) is 18.4 Å². The molecule has 0 aromatic carbocycles. The van der Waals surface area contributed by atoms with Crippen molar-refractivity contribution in [3.63, 3.8) is 0 Å². The summed E-state index contributed by atoms with van der Waals surface area (Å²) < 4.78 is 5.76. The molecule has 4 heteroatoms. The van der Waals surface area contributed by atoms with Crippen LogP contribution < -0.4 is 11.1 Å². The number of rotatable bonds is 5. The van der Waals surface area contributed by atoms with Gasteiger partial charge >= 0.3 is 0 Å². The summed E-state index contributed by atoms with van der Waals surface area (Å²) in [5, 5.41) is 3.28. The summed E-state index contributed by atoms with van der Waals surface area (Å²) in [4.78, 5) is 12.9. The topological polar surface area (TPSA) is 64.3 Å². The van der Waals surface area contributed by atoms with E-state index >= 15 is 0 Å². The van der Waals surface area contributed by atoms with Crippen molar-refractivity contribution in [2.75, 3.05) is 13.2 Å². The molecule has 4 bridgehead atoms. The van der Waals surface area contributed by atoms with Crippen molar-refractivity contribution in [2.45, 2.75) is 77.4 Å². The lowest BCUT2D eigenvalue weighted by Gasteiger charge is -2.59. The van der Waals surface area contributed by atoms with Gasteiger partial charge in [0.25, 0.3) is 0 Å². The van der Waals surface area contributed by atoms with Gasteiger partial charge in [-0.1, -0.05) is 13.8 Å².